The average Bonchev–Trinajstić information content (AvgIpc) is 2.82. The first-order valence-corrected chi connectivity index (χ1v) is 9.63. The number of nitrogens with one attached hydrogen (secondary N) is 2. The van der Waals surface area contributed by atoms with Gasteiger partial charge in [-0.2, -0.15) is 13.2 Å². The maximum Gasteiger partial charge on any atom is 0.391 e. The lowest BCUT2D eigenvalue weighted by molar-refractivity contribution is -0.184. The maximum atomic E-state index is 12.9. The van der Waals surface area contributed by atoms with E-state index in [4.69, 9.17) is 0 Å². The van der Waals surface area contributed by atoms with E-state index in [1.807, 2.05) is 6.92 Å². The van der Waals surface area contributed by atoms with Crippen LogP contribution in [0.3, 0.4) is 0 Å². The Hall–Kier alpha value is -1.80. The Balaban J connectivity index is 1.59. The van der Waals surface area contributed by atoms with Crippen molar-refractivity contribution in [3.63, 3.8) is 0 Å². The lowest BCUT2D eigenvalue weighted by Crippen LogP contribution is -2.54. The Morgan fingerprint density at radius 2 is 1.96 bits per heavy atom. The van der Waals surface area contributed by atoms with Gasteiger partial charge in [0, 0.05) is 6.04 Å². The average molecular weight is 389 g/mol. The fourth-order valence-corrected chi connectivity index (χ4v) is 4.67. The molecule has 2 N–H and O–H groups in total. The number of nitrogens with zero attached hydrogens (tertiary/aromatic N) is 1. The quantitative estimate of drug-likeness (QED) is 0.729. The molecule has 6 nitrogen and oxygen atoms in total. The molecule has 9 heteroatoms. The van der Waals surface area contributed by atoms with E-state index >= 15 is 0 Å². The van der Waals surface area contributed by atoms with Crippen LogP contribution < -0.4 is 10.6 Å². The van der Waals surface area contributed by atoms with Crippen molar-refractivity contribution < 1.29 is 27.6 Å². The van der Waals surface area contributed by atoms with Gasteiger partial charge in [-0.05, 0) is 38.0 Å². The van der Waals surface area contributed by atoms with E-state index in [1.54, 1.807) is 0 Å². The predicted molar refractivity (Wildman–Crippen MR) is 90.6 cm³/mol. The van der Waals surface area contributed by atoms with E-state index in [1.165, 1.54) is 0 Å². The van der Waals surface area contributed by atoms with Crippen molar-refractivity contribution in [2.24, 2.45) is 11.8 Å². The Kier molecular flexibility index (Phi) is 5.40. The third-order valence-electron chi connectivity index (χ3n) is 6.31. The Morgan fingerprint density at radius 3 is 2.63 bits per heavy atom. The summed E-state index contributed by atoms with van der Waals surface area (Å²) in [6.45, 7) is 1.46. The fraction of sp³-hybridized carbons (Fsp3) is 0.833. The minimum Gasteiger partial charge on any atom is -0.352 e. The number of halogens is 3. The van der Waals surface area contributed by atoms with Crippen LogP contribution in [0.5, 0.6) is 0 Å². The van der Waals surface area contributed by atoms with Gasteiger partial charge in [-0.3, -0.25) is 14.5 Å². The first-order chi connectivity index (χ1) is 12.6. The van der Waals surface area contributed by atoms with Crippen molar-refractivity contribution >= 4 is 17.8 Å². The third-order valence-corrected chi connectivity index (χ3v) is 6.31. The summed E-state index contributed by atoms with van der Waals surface area (Å²) in [4.78, 5) is 38.3. The molecular weight excluding hydrogens is 363 g/mol. The molecule has 3 fully saturated rings. The molecule has 27 heavy (non-hydrogen) atoms. The van der Waals surface area contributed by atoms with Gasteiger partial charge in [0.25, 0.3) is 5.91 Å². The number of amides is 4. The summed E-state index contributed by atoms with van der Waals surface area (Å²) < 4.78 is 38.7. The van der Waals surface area contributed by atoms with Gasteiger partial charge in [0.15, 0.2) is 0 Å². The van der Waals surface area contributed by atoms with Crippen LogP contribution in [-0.4, -0.2) is 47.0 Å². The van der Waals surface area contributed by atoms with E-state index in [2.05, 4.69) is 10.6 Å². The van der Waals surface area contributed by atoms with Crippen molar-refractivity contribution in [3.05, 3.63) is 0 Å². The lowest BCUT2D eigenvalue weighted by Gasteiger charge is -2.36. The number of imide groups is 1. The zero-order chi connectivity index (χ0) is 19.8. The number of carbonyl (C=O) groups is 3. The molecule has 0 aromatic heterocycles. The molecule has 1 aliphatic heterocycles. The summed E-state index contributed by atoms with van der Waals surface area (Å²) >= 11 is 0. The Morgan fingerprint density at radius 1 is 1.22 bits per heavy atom. The number of rotatable bonds is 3. The van der Waals surface area contributed by atoms with Crippen LogP contribution in [0.2, 0.25) is 0 Å². The normalized spacial score (nSPS) is 34.7. The molecule has 0 aromatic carbocycles. The van der Waals surface area contributed by atoms with Crippen LogP contribution in [0.25, 0.3) is 0 Å². The van der Waals surface area contributed by atoms with Crippen molar-refractivity contribution in [2.75, 3.05) is 6.54 Å². The zero-order valence-electron chi connectivity index (χ0n) is 15.4. The summed E-state index contributed by atoms with van der Waals surface area (Å²) in [5.41, 5.74) is -0.943. The number of hydrogen-bond donors (Lipinski definition) is 2. The lowest BCUT2D eigenvalue weighted by atomic mass is 9.73. The summed E-state index contributed by atoms with van der Waals surface area (Å²) in [5.74, 6) is -2.42. The highest BCUT2D eigenvalue weighted by Gasteiger charge is 2.55. The molecule has 1 saturated heterocycles. The fourth-order valence-electron chi connectivity index (χ4n) is 4.67. The van der Waals surface area contributed by atoms with Gasteiger partial charge in [0.05, 0.1) is 5.92 Å². The topological polar surface area (TPSA) is 78.5 Å². The molecule has 0 bridgehead atoms. The highest BCUT2D eigenvalue weighted by atomic mass is 19.4. The highest BCUT2D eigenvalue weighted by Crippen LogP contribution is 2.39. The van der Waals surface area contributed by atoms with E-state index in [-0.39, 0.29) is 18.8 Å². The second kappa shape index (κ2) is 7.31. The van der Waals surface area contributed by atoms with Crippen LogP contribution in [0, 0.1) is 11.8 Å². The van der Waals surface area contributed by atoms with Crippen molar-refractivity contribution in [1.82, 2.24) is 15.5 Å². The number of urea groups is 1. The minimum atomic E-state index is -4.27. The molecule has 0 radical (unpaired) electrons. The molecule has 4 atom stereocenters. The Labute approximate surface area is 156 Å². The molecule has 152 valence electrons. The minimum absolute atomic E-state index is 0.0124. The van der Waals surface area contributed by atoms with Crippen molar-refractivity contribution in [1.29, 1.82) is 0 Å². The van der Waals surface area contributed by atoms with E-state index in [9.17, 15) is 27.6 Å². The SMILES string of the molecule is C[C@@H]1CCCC[C@]12NC(=O)N(CC(=O)N[C@H]1CCC[C@@H](C(F)(F)F)C1)C2=O. The van der Waals surface area contributed by atoms with Crippen LogP contribution >= 0.6 is 0 Å². The van der Waals surface area contributed by atoms with Crippen molar-refractivity contribution in [2.45, 2.75) is 76.0 Å². The van der Waals surface area contributed by atoms with Gasteiger partial charge in [-0.25, -0.2) is 4.79 Å². The van der Waals surface area contributed by atoms with E-state index < -0.39 is 48.1 Å². The molecule has 0 unspecified atom stereocenters. The van der Waals surface area contributed by atoms with Crippen LogP contribution in [0.15, 0.2) is 0 Å². The van der Waals surface area contributed by atoms with Crippen LogP contribution in [-0.2, 0) is 9.59 Å². The molecule has 3 aliphatic rings. The van der Waals surface area contributed by atoms with Gasteiger partial charge >= 0.3 is 12.2 Å². The molecule has 1 spiro atoms. The molecule has 4 amide bonds. The maximum absolute atomic E-state index is 12.9. The van der Waals surface area contributed by atoms with Crippen LogP contribution in [0.4, 0.5) is 18.0 Å². The van der Waals surface area contributed by atoms with E-state index in [0.717, 1.165) is 24.2 Å². The van der Waals surface area contributed by atoms with Gasteiger partial charge in [0.1, 0.15) is 12.1 Å². The third kappa shape index (κ3) is 3.91. The smallest absolute Gasteiger partial charge is 0.352 e. The first kappa shape index (κ1) is 19.9. The summed E-state index contributed by atoms with van der Waals surface area (Å²) in [5, 5.41) is 5.34. The summed E-state index contributed by atoms with van der Waals surface area (Å²) in [7, 11) is 0. The van der Waals surface area contributed by atoms with Gasteiger partial charge < -0.3 is 10.6 Å². The summed E-state index contributed by atoms with van der Waals surface area (Å²) in [6.07, 6.45) is -0.290. The van der Waals surface area contributed by atoms with Gasteiger partial charge in [-0.1, -0.05) is 26.2 Å². The molecular formula is C18H26F3N3O3. The molecule has 2 aliphatic carbocycles. The number of hydrogen-bond acceptors (Lipinski definition) is 3. The monoisotopic (exact) mass is 389 g/mol. The molecule has 2 saturated carbocycles. The largest absolute Gasteiger partial charge is 0.391 e. The second-order valence-electron chi connectivity index (χ2n) is 8.11. The second-order valence-corrected chi connectivity index (χ2v) is 8.11. The summed E-state index contributed by atoms with van der Waals surface area (Å²) in [6, 6.07) is -1.18. The predicted octanol–water partition coefficient (Wildman–Crippen LogP) is 2.72. The van der Waals surface area contributed by atoms with Gasteiger partial charge in [0.2, 0.25) is 5.91 Å². The van der Waals surface area contributed by atoms with Crippen molar-refractivity contribution in [3.8, 4) is 0 Å². The standard InChI is InChI=1S/C18H26F3N3O3/c1-11-5-2-3-8-17(11)15(26)24(16(27)23-17)10-14(25)22-13-7-4-6-12(9-13)18(19,20)21/h11-13H,2-10H2,1H3,(H,22,25)(H,23,27)/t11-,12-,13+,17+/m1/s1. The Bertz CT molecular complexity index is 625. The molecule has 1 heterocycles. The molecule has 3 rings (SSSR count). The van der Waals surface area contributed by atoms with Crippen LogP contribution in [0.1, 0.15) is 58.3 Å². The van der Waals surface area contributed by atoms with E-state index in [0.29, 0.717) is 19.3 Å². The highest BCUT2D eigenvalue weighted by molar-refractivity contribution is 6.09. The number of carbonyl (C=O) groups excluding carboxylic acids is 3. The molecule has 0 aromatic rings. The zero-order valence-corrected chi connectivity index (χ0v) is 15.4. The number of alkyl halides is 3. The van der Waals surface area contributed by atoms with Gasteiger partial charge in [-0.15, -0.1) is 0 Å². The first-order valence-electron chi connectivity index (χ1n) is 9.63.